The van der Waals surface area contributed by atoms with Crippen LogP contribution in [0.15, 0.2) is 24.3 Å². The summed E-state index contributed by atoms with van der Waals surface area (Å²) in [5.41, 5.74) is 0.885. The largest absolute Gasteiger partial charge is 0.494 e. The molecule has 1 aromatic rings. The fraction of sp³-hybridized carbons (Fsp3) is 0.667. The van der Waals surface area contributed by atoms with Crippen molar-refractivity contribution < 1.29 is 14.6 Å². The minimum absolute atomic E-state index is 0.293. The lowest BCUT2D eigenvalue weighted by Gasteiger charge is -2.31. The van der Waals surface area contributed by atoms with Crippen molar-refractivity contribution in [1.82, 2.24) is 0 Å². The summed E-state index contributed by atoms with van der Waals surface area (Å²) in [4.78, 5) is 0. The highest BCUT2D eigenvalue weighted by molar-refractivity contribution is 5.28. The van der Waals surface area contributed by atoms with Crippen LogP contribution in [0.4, 0.5) is 0 Å². The molecule has 0 aliphatic heterocycles. The SMILES string of the molecule is CCOc1ccc(C(O)COC2CC(C)CC(C)C2)cc1. The third-order valence-corrected chi connectivity index (χ3v) is 4.20. The molecule has 3 heteroatoms. The van der Waals surface area contributed by atoms with Gasteiger partial charge in [0.2, 0.25) is 0 Å². The zero-order chi connectivity index (χ0) is 15.2. The van der Waals surface area contributed by atoms with Gasteiger partial charge < -0.3 is 14.6 Å². The highest BCUT2D eigenvalue weighted by Crippen LogP contribution is 2.31. The second-order valence-electron chi connectivity index (χ2n) is 6.39. The van der Waals surface area contributed by atoms with E-state index in [0.29, 0.717) is 19.3 Å². The van der Waals surface area contributed by atoms with Crippen molar-refractivity contribution >= 4 is 0 Å². The fourth-order valence-corrected chi connectivity index (χ4v) is 3.29. The van der Waals surface area contributed by atoms with Crippen LogP contribution in [0.25, 0.3) is 0 Å². The molecular formula is C18H28O3. The molecule has 21 heavy (non-hydrogen) atoms. The van der Waals surface area contributed by atoms with Gasteiger partial charge in [0.15, 0.2) is 0 Å². The topological polar surface area (TPSA) is 38.7 Å². The Morgan fingerprint density at radius 3 is 2.29 bits per heavy atom. The maximum Gasteiger partial charge on any atom is 0.119 e. The Kier molecular flexibility index (Phi) is 6.07. The summed E-state index contributed by atoms with van der Waals surface area (Å²) in [6, 6.07) is 7.61. The van der Waals surface area contributed by atoms with Crippen LogP contribution >= 0.6 is 0 Å². The summed E-state index contributed by atoms with van der Waals surface area (Å²) in [7, 11) is 0. The molecule has 0 saturated heterocycles. The first-order valence-electron chi connectivity index (χ1n) is 8.10. The molecule has 1 saturated carbocycles. The van der Waals surface area contributed by atoms with E-state index in [1.54, 1.807) is 0 Å². The van der Waals surface area contributed by atoms with E-state index in [1.807, 2.05) is 31.2 Å². The van der Waals surface area contributed by atoms with Gasteiger partial charge >= 0.3 is 0 Å². The van der Waals surface area contributed by atoms with Gasteiger partial charge in [0.1, 0.15) is 11.9 Å². The van der Waals surface area contributed by atoms with Gasteiger partial charge in [0, 0.05) is 0 Å². The monoisotopic (exact) mass is 292 g/mol. The lowest BCUT2D eigenvalue weighted by molar-refractivity contribution is -0.0412. The number of ether oxygens (including phenoxy) is 2. The minimum Gasteiger partial charge on any atom is -0.494 e. The molecule has 0 amide bonds. The molecule has 0 aromatic heterocycles. The van der Waals surface area contributed by atoms with Crippen LogP contribution in [-0.4, -0.2) is 24.4 Å². The Morgan fingerprint density at radius 1 is 1.10 bits per heavy atom. The van der Waals surface area contributed by atoms with Crippen LogP contribution in [-0.2, 0) is 4.74 Å². The summed E-state index contributed by atoms with van der Waals surface area (Å²) in [6.07, 6.45) is 3.25. The molecule has 1 N–H and O–H groups in total. The molecule has 1 aromatic carbocycles. The zero-order valence-electron chi connectivity index (χ0n) is 13.4. The predicted octanol–water partition coefficient (Wildman–Crippen LogP) is 3.96. The second kappa shape index (κ2) is 7.81. The minimum atomic E-state index is -0.562. The number of hydrogen-bond donors (Lipinski definition) is 1. The van der Waals surface area contributed by atoms with E-state index in [1.165, 1.54) is 6.42 Å². The van der Waals surface area contributed by atoms with E-state index < -0.39 is 6.10 Å². The molecule has 3 atom stereocenters. The van der Waals surface area contributed by atoms with Gasteiger partial charge in [-0.25, -0.2) is 0 Å². The maximum atomic E-state index is 10.2. The summed E-state index contributed by atoms with van der Waals surface area (Å²) in [5, 5.41) is 10.2. The quantitative estimate of drug-likeness (QED) is 0.862. The normalized spacial score (nSPS) is 27.3. The molecule has 118 valence electrons. The van der Waals surface area contributed by atoms with E-state index in [2.05, 4.69) is 13.8 Å². The van der Waals surface area contributed by atoms with Crippen molar-refractivity contribution in [2.24, 2.45) is 11.8 Å². The summed E-state index contributed by atoms with van der Waals surface area (Å²) in [6.45, 7) is 7.56. The van der Waals surface area contributed by atoms with Gasteiger partial charge in [-0.3, -0.25) is 0 Å². The van der Waals surface area contributed by atoms with Crippen LogP contribution in [0.2, 0.25) is 0 Å². The van der Waals surface area contributed by atoms with E-state index in [9.17, 15) is 5.11 Å². The van der Waals surface area contributed by atoms with Crippen molar-refractivity contribution in [3.8, 4) is 5.75 Å². The lowest BCUT2D eigenvalue weighted by Crippen LogP contribution is -2.27. The molecule has 1 aliphatic carbocycles. The average Bonchev–Trinajstić information content (AvgIpc) is 2.45. The van der Waals surface area contributed by atoms with E-state index in [0.717, 1.165) is 36.0 Å². The molecule has 0 heterocycles. The van der Waals surface area contributed by atoms with E-state index in [4.69, 9.17) is 9.47 Å². The first-order chi connectivity index (χ1) is 10.1. The standard InChI is InChI=1S/C18H28O3/c1-4-20-16-7-5-15(6-8-16)18(19)12-21-17-10-13(2)9-14(3)11-17/h5-8,13-14,17-19H,4,9-12H2,1-3H3. The molecule has 1 fully saturated rings. The van der Waals surface area contributed by atoms with Gasteiger partial charge in [-0.2, -0.15) is 0 Å². The molecule has 1 aliphatic rings. The molecular weight excluding hydrogens is 264 g/mol. The molecule has 0 spiro atoms. The van der Waals surface area contributed by atoms with Crippen molar-refractivity contribution in [3.05, 3.63) is 29.8 Å². The van der Waals surface area contributed by atoms with Crippen LogP contribution in [0.1, 0.15) is 51.7 Å². The highest BCUT2D eigenvalue weighted by Gasteiger charge is 2.25. The Balaban J connectivity index is 1.82. The van der Waals surface area contributed by atoms with Crippen molar-refractivity contribution in [2.45, 2.75) is 52.2 Å². The van der Waals surface area contributed by atoms with Crippen molar-refractivity contribution in [3.63, 3.8) is 0 Å². The molecule has 0 bridgehead atoms. The third-order valence-electron chi connectivity index (χ3n) is 4.20. The number of benzene rings is 1. The smallest absolute Gasteiger partial charge is 0.119 e. The van der Waals surface area contributed by atoms with Gasteiger partial charge in [0.25, 0.3) is 0 Å². The maximum absolute atomic E-state index is 10.2. The zero-order valence-corrected chi connectivity index (χ0v) is 13.4. The van der Waals surface area contributed by atoms with Crippen LogP contribution in [0, 0.1) is 11.8 Å². The molecule has 2 rings (SSSR count). The Hall–Kier alpha value is -1.06. The Morgan fingerprint density at radius 2 is 1.71 bits per heavy atom. The van der Waals surface area contributed by atoms with Crippen LogP contribution < -0.4 is 4.74 Å². The van der Waals surface area contributed by atoms with Gasteiger partial charge in [-0.1, -0.05) is 26.0 Å². The highest BCUT2D eigenvalue weighted by atomic mass is 16.5. The first-order valence-corrected chi connectivity index (χ1v) is 8.10. The van der Waals surface area contributed by atoms with E-state index in [-0.39, 0.29) is 0 Å². The van der Waals surface area contributed by atoms with E-state index >= 15 is 0 Å². The first kappa shape index (κ1) is 16.3. The number of aliphatic hydroxyl groups excluding tert-OH is 1. The van der Waals surface area contributed by atoms with Gasteiger partial charge in [0.05, 0.1) is 19.3 Å². The predicted molar refractivity (Wildman–Crippen MR) is 84.5 cm³/mol. The summed E-state index contributed by atoms with van der Waals surface area (Å²) < 4.78 is 11.3. The Bertz CT molecular complexity index is 405. The van der Waals surface area contributed by atoms with Crippen LogP contribution in [0.3, 0.4) is 0 Å². The van der Waals surface area contributed by atoms with Gasteiger partial charge in [-0.15, -0.1) is 0 Å². The molecule has 3 unspecified atom stereocenters. The number of hydrogen-bond acceptors (Lipinski definition) is 3. The Labute approximate surface area is 128 Å². The fourth-order valence-electron chi connectivity index (χ4n) is 3.29. The van der Waals surface area contributed by atoms with Crippen LogP contribution in [0.5, 0.6) is 5.75 Å². The number of rotatable bonds is 6. The average molecular weight is 292 g/mol. The summed E-state index contributed by atoms with van der Waals surface area (Å²) >= 11 is 0. The molecule has 0 radical (unpaired) electrons. The summed E-state index contributed by atoms with van der Waals surface area (Å²) in [5.74, 6) is 2.28. The van der Waals surface area contributed by atoms with Crippen molar-refractivity contribution in [2.75, 3.05) is 13.2 Å². The lowest BCUT2D eigenvalue weighted by atomic mass is 9.82. The third kappa shape index (κ3) is 5.01. The second-order valence-corrected chi connectivity index (χ2v) is 6.39. The van der Waals surface area contributed by atoms with Crippen molar-refractivity contribution in [1.29, 1.82) is 0 Å². The molecule has 3 nitrogen and oxygen atoms in total. The van der Waals surface area contributed by atoms with Gasteiger partial charge in [-0.05, 0) is 55.7 Å². The number of aliphatic hydroxyl groups is 1.